The van der Waals surface area contributed by atoms with Gasteiger partial charge in [0.1, 0.15) is 0 Å². The largest absolute Gasteiger partial charge is 0.330 e. The third kappa shape index (κ3) is 2.84. The van der Waals surface area contributed by atoms with Gasteiger partial charge in [-0.05, 0) is 19.3 Å². The lowest BCUT2D eigenvalue weighted by Crippen LogP contribution is -2.40. The number of nitrogens with zero attached hydrogens (tertiary/aromatic N) is 2. The highest BCUT2D eigenvalue weighted by molar-refractivity contribution is 4.86. The van der Waals surface area contributed by atoms with Crippen molar-refractivity contribution < 1.29 is 0 Å². The smallest absolute Gasteiger partial charge is 0.301 e. The number of hydrogen-bond acceptors (Lipinski definition) is 2. The molecule has 16 heavy (non-hydrogen) atoms. The zero-order chi connectivity index (χ0) is 12.1. The quantitative estimate of drug-likeness (QED) is 0.760. The zero-order valence-electron chi connectivity index (χ0n) is 10.3. The van der Waals surface area contributed by atoms with Crippen molar-refractivity contribution in [2.45, 2.75) is 46.7 Å². The summed E-state index contributed by atoms with van der Waals surface area (Å²) in [5.41, 5.74) is -0.393. The second kappa shape index (κ2) is 5.68. The number of rotatable bonds is 5. The third-order valence-corrected chi connectivity index (χ3v) is 2.76. The van der Waals surface area contributed by atoms with Gasteiger partial charge >= 0.3 is 5.69 Å². The van der Waals surface area contributed by atoms with E-state index in [9.17, 15) is 9.59 Å². The predicted molar refractivity (Wildman–Crippen MR) is 64.7 cm³/mol. The van der Waals surface area contributed by atoms with E-state index in [0.717, 1.165) is 12.8 Å². The van der Waals surface area contributed by atoms with Crippen molar-refractivity contribution in [1.82, 2.24) is 9.13 Å². The topological polar surface area (TPSA) is 44.0 Å². The van der Waals surface area contributed by atoms with Crippen LogP contribution in [0.1, 0.15) is 33.6 Å². The summed E-state index contributed by atoms with van der Waals surface area (Å²) in [6.07, 6.45) is 3.67. The molecule has 0 amide bonds. The first-order valence-corrected chi connectivity index (χ1v) is 5.90. The molecule has 90 valence electrons. The third-order valence-electron chi connectivity index (χ3n) is 2.76. The normalized spacial score (nSPS) is 12.7. The van der Waals surface area contributed by atoms with E-state index in [1.54, 1.807) is 10.8 Å². The van der Waals surface area contributed by atoms with Crippen LogP contribution in [0.3, 0.4) is 0 Å². The highest BCUT2D eigenvalue weighted by Crippen LogP contribution is 2.05. The van der Waals surface area contributed by atoms with Crippen molar-refractivity contribution in [3.05, 3.63) is 33.1 Å². The molecule has 0 radical (unpaired) electrons. The molecule has 0 aliphatic rings. The number of aryl methyl sites for hydroxylation is 1. The van der Waals surface area contributed by atoms with Crippen LogP contribution >= 0.6 is 0 Å². The van der Waals surface area contributed by atoms with Gasteiger partial charge in [-0.1, -0.05) is 20.3 Å². The highest BCUT2D eigenvalue weighted by atomic mass is 16.2. The van der Waals surface area contributed by atoms with Gasteiger partial charge < -0.3 is 4.57 Å². The van der Waals surface area contributed by atoms with Crippen molar-refractivity contribution in [3.8, 4) is 0 Å². The zero-order valence-corrected chi connectivity index (χ0v) is 10.3. The molecule has 0 fully saturated rings. The highest BCUT2D eigenvalue weighted by Gasteiger charge is 2.08. The van der Waals surface area contributed by atoms with Gasteiger partial charge in [0.05, 0.1) is 0 Å². The molecule has 0 aliphatic heterocycles. The summed E-state index contributed by atoms with van der Waals surface area (Å²) >= 11 is 0. The standard InChI is InChI=1S/C12H20N2O2/c1-4-6-10(3)9-14-11(15)7-8-13(5-2)12(14)16/h7-8,10H,4-6,9H2,1-3H3. The van der Waals surface area contributed by atoms with Gasteiger partial charge in [-0.3, -0.25) is 9.36 Å². The van der Waals surface area contributed by atoms with Crippen LogP contribution in [0.2, 0.25) is 0 Å². The Morgan fingerprint density at radius 1 is 1.31 bits per heavy atom. The Labute approximate surface area is 95.5 Å². The first kappa shape index (κ1) is 12.7. The van der Waals surface area contributed by atoms with Crippen LogP contribution in [-0.2, 0) is 13.1 Å². The van der Waals surface area contributed by atoms with E-state index in [-0.39, 0.29) is 11.2 Å². The van der Waals surface area contributed by atoms with Gasteiger partial charge in [0.25, 0.3) is 5.56 Å². The molecule has 0 saturated carbocycles. The molecule has 0 saturated heterocycles. The van der Waals surface area contributed by atoms with Crippen LogP contribution in [0.15, 0.2) is 21.9 Å². The van der Waals surface area contributed by atoms with Crippen molar-refractivity contribution in [1.29, 1.82) is 0 Å². The Balaban J connectivity index is 3.03. The number of aromatic nitrogens is 2. The van der Waals surface area contributed by atoms with E-state index in [4.69, 9.17) is 0 Å². The van der Waals surface area contributed by atoms with Crippen LogP contribution in [0.4, 0.5) is 0 Å². The summed E-state index contributed by atoms with van der Waals surface area (Å²) in [5, 5.41) is 0. The summed E-state index contributed by atoms with van der Waals surface area (Å²) in [6.45, 7) is 7.19. The molecule has 0 aliphatic carbocycles. The van der Waals surface area contributed by atoms with E-state index in [0.29, 0.717) is 19.0 Å². The Hall–Kier alpha value is -1.32. The number of hydrogen-bond donors (Lipinski definition) is 0. The Kier molecular flexibility index (Phi) is 4.52. The average Bonchev–Trinajstić information content (AvgIpc) is 2.25. The van der Waals surface area contributed by atoms with Crippen LogP contribution < -0.4 is 11.2 Å². The molecule has 4 heteroatoms. The first-order chi connectivity index (χ1) is 7.60. The molecular formula is C12H20N2O2. The van der Waals surface area contributed by atoms with E-state index in [1.807, 2.05) is 6.92 Å². The SMILES string of the molecule is CCCC(C)Cn1c(=O)ccn(CC)c1=O. The lowest BCUT2D eigenvalue weighted by atomic mass is 10.1. The summed E-state index contributed by atoms with van der Waals surface area (Å²) in [5.74, 6) is 0.364. The van der Waals surface area contributed by atoms with Crippen molar-refractivity contribution in [2.24, 2.45) is 5.92 Å². The van der Waals surface area contributed by atoms with E-state index >= 15 is 0 Å². The van der Waals surface area contributed by atoms with Crippen LogP contribution in [-0.4, -0.2) is 9.13 Å². The average molecular weight is 224 g/mol. The van der Waals surface area contributed by atoms with Gasteiger partial charge in [-0.2, -0.15) is 0 Å². The van der Waals surface area contributed by atoms with E-state index in [1.165, 1.54) is 10.6 Å². The summed E-state index contributed by atoms with van der Waals surface area (Å²) in [6, 6.07) is 1.46. The van der Waals surface area contributed by atoms with Crippen LogP contribution in [0, 0.1) is 5.92 Å². The predicted octanol–water partition coefficient (Wildman–Crippen LogP) is 1.47. The Morgan fingerprint density at radius 3 is 2.56 bits per heavy atom. The molecule has 0 N–H and O–H groups in total. The summed E-state index contributed by atoms with van der Waals surface area (Å²) in [4.78, 5) is 23.5. The maximum atomic E-state index is 11.9. The van der Waals surface area contributed by atoms with Gasteiger partial charge in [-0.15, -0.1) is 0 Å². The maximum Gasteiger partial charge on any atom is 0.330 e. The second-order valence-corrected chi connectivity index (χ2v) is 4.23. The summed E-state index contributed by atoms with van der Waals surface area (Å²) < 4.78 is 2.89. The second-order valence-electron chi connectivity index (χ2n) is 4.23. The molecule has 1 unspecified atom stereocenters. The van der Waals surface area contributed by atoms with Crippen molar-refractivity contribution >= 4 is 0 Å². The molecule has 0 bridgehead atoms. The molecular weight excluding hydrogens is 204 g/mol. The summed E-state index contributed by atoms with van der Waals surface area (Å²) in [7, 11) is 0. The molecule has 1 rings (SSSR count). The first-order valence-electron chi connectivity index (χ1n) is 5.90. The fourth-order valence-electron chi connectivity index (χ4n) is 1.86. The Bertz CT molecular complexity index is 445. The molecule has 0 aromatic carbocycles. The molecule has 1 heterocycles. The minimum atomic E-state index is -0.197. The van der Waals surface area contributed by atoms with Gasteiger partial charge in [0, 0.05) is 25.4 Å². The molecule has 1 aromatic rings. The Morgan fingerprint density at radius 2 is 2.00 bits per heavy atom. The van der Waals surface area contributed by atoms with E-state index < -0.39 is 0 Å². The van der Waals surface area contributed by atoms with Gasteiger partial charge in [-0.25, -0.2) is 4.79 Å². The van der Waals surface area contributed by atoms with Gasteiger partial charge in [0.2, 0.25) is 0 Å². The van der Waals surface area contributed by atoms with Crippen LogP contribution in [0.25, 0.3) is 0 Å². The molecule has 1 aromatic heterocycles. The minimum Gasteiger partial charge on any atom is -0.301 e. The van der Waals surface area contributed by atoms with Crippen molar-refractivity contribution in [3.63, 3.8) is 0 Å². The minimum absolute atomic E-state index is 0.196. The lowest BCUT2D eigenvalue weighted by molar-refractivity contribution is 0.417. The fourth-order valence-corrected chi connectivity index (χ4v) is 1.86. The van der Waals surface area contributed by atoms with Crippen LogP contribution in [0.5, 0.6) is 0 Å². The van der Waals surface area contributed by atoms with Gasteiger partial charge in [0.15, 0.2) is 0 Å². The molecule has 0 spiro atoms. The monoisotopic (exact) mass is 224 g/mol. The fraction of sp³-hybridized carbons (Fsp3) is 0.667. The lowest BCUT2D eigenvalue weighted by Gasteiger charge is -2.12. The molecule has 1 atom stereocenters. The van der Waals surface area contributed by atoms with Crippen molar-refractivity contribution in [2.75, 3.05) is 0 Å². The molecule has 4 nitrogen and oxygen atoms in total. The van der Waals surface area contributed by atoms with E-state index in [2.05, 4.69) is 13.8 Å². The maximum absolute atomic E-state index is 11.9.